The number of carbonyl (C=O) groups is 1. The van der Waals surface area contributed by atoms with Crippen LogP contribution in [0, 0.1) is 0 Å². The van der Waals surface area contributed by atoms with Crippen LogP contribution in [-0.4, -0.2) is 52.0 Å². The molecule has 1 aromatic carbocycles. The van der Waals surface area contributed by atoms with Gasteiger partial charge in [-0.1, -0.05) is 21.1 Å². The third kappa shape index (κ3) is 3.87. The van der Waals surface area contributed by atoms with Crippen LogP contribution >= 0.6 is 27.3 Å². The van der Waals surface area contributed by atoms with E-state index in [1.54, 1.807) is 11.3 Å². The van der Waals surface area contributed by atoms with Gasteiger partial charge in [0.05, 0.1) is 6.54 Å². The van der Waals surface area contributed by atoms with Crippen LogP contribution in [0.2, 0.25) is 0 Å². The van der Waals surface area contributed by atoms with Crippen LogP contribution in [0.1, 0.15) is 16.2 Å². The number of nitrogens with zero attached hydrogens (tertiary/aromatic N) is 4. The van der Waals surface area contributed by atoms with Crippen molar-refractivity contribution in [3.05, 3.63) is 57.0 Å². The van der Waals surface area contributed by atoms with Crippen molar-refractivity contribution in [3.63, 3.8) is 0 Å². The molecule has 1 aliphatic heterocycles. The summed E-state index contributed by atoms with van der Waals surface area (Å²) in [5.41, 5.74) is 1.70. The fourth-order valence-electron chi connectivity index (χ4n) is 2.90. The molecule has 0 aliphatic carbocycles. The maximum Gasteiger partial charge on any atom is 0.253 e. The first-order valence-corrected chi connectivity index (χ1v) is 10.0. The Hall–Kier alpha value is -2.03. The molecule has 0 N–H and O–H groups in total. The summed E-state index contributed by atoms with van der Waals surface area (Å²) in [6.07, 6.45) is 0. The molecule has 2 aromatic heterocycles. The van der Waals surface area contributed by atoms with Crippen molar-refractivity contribution in [2.45, 2.75) is 6.54 Å². The third-order valence-corrected chi connectivity index (χ3v) is 5.57. The zero-order valence-electron chi connectivity index (χ0n) is 14.0. The average Bonchev–Trinajstić information content (AvgIpc) is 3.34. The molecule has 134 valence electrons. The lowest BCUT2D eigenvalue weighted by atomic mass is 10.2. The van der Waals surface area contributed by atoms with E-state index in [0.29, 0.717) is 31.3 Å². The van der Waals surface area contributed by atoms with Crippen molar-refractivity contribution in [1.29, 1.82) is 0 Å². The maximum atomic E-state index is 12.6. The molecule has 1 amide bonds. The van der Waals surface area contributed by atoms with Gasteiger partial charge in [-0.2, -0.15) is 16.3 Å². The highest BCUT2D eigenvalue weighted by Crippen LogP contribution is 2.19. The molecule has 0 unspecified atom stereocenters. The van der Waals surface area contributed by atoms with E-state index in [2.05, 4.69) is 31.0 Å². The zero-order chi connectivity index (χ0) is 17.9. The Labute approximate surface area is 163 Å². The Kier molecular flexibility index (Phi) is 5.14. The highest BCUT2D eigenvalue weighted by Gasteiger charge is 2.23. The number of halogens is 1. The first-order valence-electron chi connectivity index (χ1n) is 8.31. The highest BCUT2D eigenvalue weighted by atomic mass is 79.9. The summed E-state index contributed by atoms with van der Waals surface area (Å²) >= 11 is 5.00. The highest BCUT2D eigenvalue weighted by molar-refractivity contribution is 9.10. The minimum absolute atomic E-state index is 0.0784. The first kappa shape index (κ1) is 17.4. The smallest absolute Gasteiger partial charge is 0.253 e. The Morgan fingerprint density at radius 1 is 1.15 bits per heavy atom. The van der Waals surface area contributed by atoms with E-state index in [-0.39, 0.29) is 5.91 Å². The summed E-state index contributed by atoms with van der Waals surface area (Å²) in [6.45, 7) is 3.58. The normalized spacial score (nSPS) is 15.3. The Morgan fingerprint density at radius 3 is 2.62 bits per heavy atom. The van der Waals surface area contributed by atoms with E-state index in [0.717, 1.165) is 28.7 Å². The number of hydrogen-bond acceptors (Lipinski definition) is 6. The summed E-state index contributed by atoms with van der Waals surface area (Å²) in [5.74, 6) is 1.32. The average molecular weight is 433 g/mol. The van der Waals surface area contributed by atoms with Crippen LogP contribution in [-0.2, 0) is 6.54 Å². The SMILES string of the molecule is O=C(c1ccc(Br)cc1)N1CCN(Cc2nc(-c3ccsc3)no2)CC1. The molecule has 0 saturated carbocycles. The summed E-state index contributed by atoms with van der Waals surface area (Å²) in [5, 5.41) is 8.03. The number of aromatic nitrogens is 2. The topological polar surface area (TPSA) is 62.5 Å². The van der Waals surface area contributed by atoms with Gasteiger partial charge in [0.1, 0.15) is 0 Å². The summed E-state index contributed by atoms with van der Waals surface area (Å²) < 4.78 is 6.34. The van der Waals surface area contributed by atoms with Gasteiger partial charge in [-0.25, -0.2) is 0 Å². The lowest BCUT2D eigenvalue weighted by Gasteiger charge is -2.34. The molecule has 1 saturated heterocycles. The lowest BCUT2D eigenvalue weighted by molar-refractivity contribution is 0.0615. The standard InChI is InChI=1S/C18H17BrN4O2S/c19-15-3-1-13(2-4-15)18(24)23-8-6-22(7-9-23)11-16-20-17(21-25-16)14-5-10-26-12-14/h1-5,10,12H,6-9,11H2. The number of benzene rings is 1. The third-order valence-electron chi connectivity index (χ3n) is 4.36. The molecule has 0 atom stereocenters. The van der Waals surface area contributed by atoms with Gasteiger partial charge in [-0.05, 0) is 35.7 Å². The van der Waals surface area contributed by atoms with Crippen molar-refractivity contribution >= 4 is 33.2 Å². The number of thiophene rings is 1. The van der Waals surface area contributed by atoms with Crippen LogP contribution in [0.3, 0.4) is 0 Å². The van der Waals surface area contributed by atoms with Crippen LogP contribution < -0.4 is 0 Å². The van der Waals surface area contributed by atoms with Crippen LogP contribution in [0.4, 0.5) is 0 Å². The number of hydrogen-bond donors (Lipinski definition) is 0. The quantitative estimate of drug-likeness (QED) is 0.630. The molecule has 0 bridgehead atoms. The molecule has 8 heteroatoms. The van der Waals surface area contributed by atoms with E-state index < -0.39 is 0 Å². The largest absolute Gasteiger partial charge is 0.338 e. The molecule has 3 aromatic rings. The monoisotopic (exact) mass is 432 g/mol. The van der Waals surface area contributed by atoms with E-state index in [1.807, 2.05) is 46.0 Å². The van der Waals surface area contributed by atoms with Crippen molar-refractivity contribution < 1.29 is 9.32 Å². The molecule has 4 rings (SSSR count). The molecular weight excluding hydrogens is 416 g/mol. The van der Waals surface area contributed by atoms with E-state index in [1.165, 1.54) is 0 Å². The van der Waals surface area contributed by atoms with Gasteiger partial charge in [0.25, 0.3) is 5.91 Å². The fraction of sp³-hybridized carbons (Fsp3) is 0.278. The molecule has 1 fully saturated rings. The van der Waals surface area contributed by atoms with Crippen LogP contribution in [0.15, 0.2) is 50.1 Å². The Balaban J connectivity index is 1.32. The fourth-order valence-corrected chi connectivity index (χ4v) is 3.80. The molecular formula is C18H17BrN4O2S. The van der Waals surface area contributed by atoms with Gasteiger partial charge >= 0.3 is 0 Å². The summed E-state index contributed by atoms with van der Waals surface area (Å²) in [4.78, 5) is 21.1. The second-order valence-electron chi connectivity index (χ2n) is 6.10. The molecule has 1 aliphatic rings. The number of carbonyl (C=O) groups excluding carboxylic acids is 1. The van der Waals surface area contributed by atoms with E-state index >= 15 is 0 Å². The molecule has 0 spiro atoms. The van der Waals surface area contributed by atoms with Crippen molar-refractivity contribution in [3.8, 4) is 11.4 Å². The van der Waals surface area contributed by atoms with Gasteiger partial charge in [0.15, 0.2) is 0 Å². The van der Waals surface area contributed by atoms with Crippen LogP contribution in [0.25, 0.3) is 11.4 Å². The van der Waals surface area contributed by atoms with E-state index in [4.69, 9.17) is 4.52 Å². The number of amides is 1. The summed E-state index contributed by atoms with van der Waals surface area (Å²) in [6, 6.07) is 9.46. The predicted octanol–water partition coefficient (Wildman–Crippen LogP) is 3.52. The first-order chi connectivity index (χ1) is 12.7. The second kappa shape index (κ2) is 7.69. The van der Waals surface area contributed by atoms with Gasteiger partial charge in [0.2, 0.25) is 11.7 Å². The molecule has 6 nitrogen and oxygen atoms in total. The van der Waals surface area contributed by atoms with Crippen molar-refractivity contribution in [2.75, 3.05) is 26.2 Å². The Morgan fingerprint density at radius 2 is 1.92 bits per heavy atom. The van der Waals surface area contributed by atoms with Gasteiger partial charge in [-0.15, -0.1) is 0 Å². The lowest BCUT2D eigenvalue weighted by Crippen LogP contribution is -2.48. The Bertz CT molecular complexity index is 871. The number of rotatable bonds is 4. The molecule has 26 heavy (non-hydrogen) atoms. The van der Waals surface area contributed by atoms with E-state index in [9.17, 15) is 4.79 Å². The second-order valence-corrected chi connectivity index (χ2v) is 7.79. The van der Waals surface area contributed by atoms with Gasteiger partial charge in [-0.3, -0.25) is 9.69 Å². The molecule has 0 radical (unpaired) electrons. The minimum atomic E-state index is 0.0784. The van der Waals surface area contributed by atoms with Gasteiger partial charge in [0, 0.05) is 47.2 Å². The number of piperazine rings is 1. The van der Waals surface area contributed by atoms with Crippen molar-refractivity contribution in [2.24, 2.45) is 0 Å². The van der Waals surface area contributed by atoms with Crippen molar-refractivity contribution in [1.82, 2.24) is 19.9 Å². The predicted molar refractivity (Wildman–Crippen MR) is 103 cm³/mol. The molecule has 3 heterocycles. The maximum absolute atomic E-state index is 12.6. The minimum Gasteiger partial charge on any atom is -0.338 e. The zero-order valence-corrected chi connectivity index (χ0v) is 16.4. The van der Waals surface area contributed by atoms with Gasteiger partial charge < -0.3 is 9.42 Å². The van der Waals surface area contributed by atoms with Crippen LogP contribution in [0.5, 0.6) is 0 Å². The summed E-state index contributed by atoms with van der Waals surface area (Å²) in [7, 11) is 0.